The summed E-state index contributed by atoms with van der Waals surface area (Å²) in [6.45, 7) is 0.383. The van der Waals surface area contributed by atoms with Crippen LogP contribution in [0.4, 0.5) is 0 Å². The molecule has 0 bridgehead atoms. The zero-order chi connectivity index (χ0) is 29.4. The van der Waals surface area contributed by atoms with Crippen LogP contribution in [0.15, 0.2) is 96.4 Å². The van der Waals surface area contributed by atoms with Crippen LogP contribution in [0.2, 0.25) is 15.1 Å². The lowest BCUT2D eigenvalue weighted by Gasteiger charge is -2.26. The molecule has 5 aromatic rings. The maximum absolute atomic E-state index is 13.0. The Hall–Kier alpha value is -4.19. The van der Waals surface area contributed by atoms with Gasteiger partial charge < -0.3 is 19.9 Å². The number of fused-ring (bicyclic) bond motifs is 2. The van der Waals surface area contributed by atoms with E-state index in [1.807, 2.05) is 54.6 Å². The highest BCUT2D eigenvalue weighted by Crippen LogP contribution is 2.44. The summed E-state index contributed by atoms with van der Waals surface area (Å²) in [7, 11) is 0. The van der Waals surface area contributed by atoms with E-state index in [0.717, 1.165) is 15.8 Å². The second-order valence-electron chi connectivity index (χ2n) is 9.36. The number of benzene rings is 4. The van der Waals surface area contributed by atoms with Gasteiger partial charge in [-0.2, -0.15) is 5.26 Å². The summed E-state index contributed by atoms with van der Waals surface area (Å²) in [6.07, 6.45) is 0. The average molecular weight is 634 g/mol. The quantitative estimate of drug-likeness (QED) is 0.148. The van der Waals surface area contributed by atoms with Crippen LogP contribution in [0.1, 0.15) is 32.3 Å². The second-order valence-corrected chi connectivity index (χ2v) is 11.6. The molecule has 6 nitrogen and oxygen atoms in total. The van der Waals surface area contributed by atoms with Crippen LogP contribution in [0.25, 0.3) is 10.1 Å². The Kier molecular flexibility index (Phi) is 7.72. The van der Waals surface area contributed by atoms with Crippen molar-refractivity contribution >= 4 is 62.2 Å². The van der Waals surface area contributed by atoms with Gasteiger partial charge in [0.2, 0.25) is 5.88 Å². The molecule has 0 spiro atoms. The lowest BCUT2D eigenvalue weighted by Crippen LogP contribution is -2.21. The van der Waals surface area contributed by atoms with Crippen molar-refractivity contribution in [2.24, 2.45) is 5.73 Å². The van der Waals surface area contributed by atoms with Gasteiger partial charge in [-0.15, -0.1) is 11.3 Å². The molecule has 10 heteroatoms. The van der Waals surface area contributed by atoms with E-state index in [4.69, 9.17) is 54.7 Å². The van der Waals surface area contributed by atoms with E-state index >= 15 is 0 Å². The SMILES string of the molecule is N#CC1=C(N)Oc2cc(OC(=O)c3sc4cccc(Cl)c4c3Cl)ccc2C1c1ccc(OCc2ccc(Cl)cc2)cc1. The summed E-state index contributed by atoms with van der Waals surface area (Å²) in [5.74, 6) is 0.128. The first kappa shape index (κ1) is 28.0. The maximum Gasteiger partial charge on any atom is 0.355 e. The van der Waals surface area contributed by atoms with Crippen molar-refractivity contribution in [2.45, 2.75) is 12.5 Å². The zero-order valence-electron chi connectivity index (χ0n) is 21.6. The highest BCUT2D eigenvalue weighted by Gasteiger charge is 2.31. The number of hydrogen-bond acceptors (Lipinski definition) is 7. The van der Waals surface area contributed by atoms with E-state index in [0.29, 0.717) is 39.1 Å². The van der Waals surface area contributed by atoms with Gasteiger partial charge >= 0.3 is 5.97 Å². The molecule has 0 aliphatic carbocycles. The molecular formula is C32H19Cl3N2O4S. The molecule has 0 saturated heterocycles. The fraction of sp³-hybridized carbons (Fsp3) is 0.0625. The summed E-state index contributed by atoms with van der Waals surface area (Å²) >= 11 is 19.9. The van der Waals surface area contributed by atoms with Gasteiger partial charge in [0.15, 0.2) is 0 Å². The molecule has 1 unspecified atom stereocenters. The highest BCUT2D eigenvalue weighted by atomic mass is 35.5. The molecule has 6 rings (SSSR count). The number of carbonyl (C=O) groups is 1. The van der Waals surface area contributed by atoms with Crippen LogP contribution in [0.3, 0.4) is 0 Å². The molecule has 1 aliphatic heterocycles. The lowest BCUT2D eigenvalue weighted by atomic mass is 9.83. The Labute approximate surface area is 260 Å². The van der Waals surface area contributed by atoms with Crippen LogP contribution in [-0.2, 0) is 6.61 Å². The van der Waals surface area contributed by atoms with Crippen LogP contribution in [0, 0.1) is 11.3 Å². The van der Waals surface area contributed by atoms with Gasteiger partial charge in [0.05, 0.1) is 16.0 Å². The van der Waals surface area contributed by atoms with E-state index < -0.39 is 11.9 Å². The molecule has 208 valence electrons. The first-order valence-electron chi connectivity index (χ1n) is 12.6. The van der Waals surface area contributed by atoms with Crippen molar-refractivity contribution in [3.63, 3.8) is 0 Å². The van der Waals surface area contributed by atoms with E-state index in [1.165, 1.54) is 11.3 Å². The van der Waals surface area contributed by atoms with E-state index in [-0.39, 0.29) is 27.1 Å². The summed E-state index contributed by atoms with van der Waals surface area (Å²) in [5, 5.41) is 11.9. The Morgan fingerprint density at radius 1 is 0.976 bits per heavy atom. The topological polar surface area (TPSA) is 94.6 Å². The minimum Gasteiger partial charge on any atom is -0.489 e. The van der Waals surface area contributed by atoms with Gasteiger partial charge in [-0.1, -0.05) is 71.2 Å². The number of nitrogens with zero attached hydrogens (tertiary/aromatic N) is 1. The number of rotatable bonds is 6. The van der Waals surface area contributed by atoms with Crippen molar-refractivity contribution in [1.82, 2.24) is 0 Å². The number of halogens is 3. The molecule has 1 aromatic heterocycles. The van der Waals surface area contributed by atoms with Crippen molar-refractivity contribution in [2.75, 3.05) is 0 Å². The Morgan fingerprint density at radius 3 is 2.43 bits per heavy atom. The first-order valence-corrected chi connectivity index (χ1v) is 14.5. The molecule has 1 atom stereocenters. The smallest absolute Gasteiger partial charge is 0.355 e. The van der Waals surface area contributed by atoms with Crippen LogP contribution >= 0.6 is 46.1 Å². The van der Waals surface area contributed by atoms with Gasteiger partial charge in [-0.3, -0.25) is 0 Å². The third-order valence-electron chi connectivity index (χ3n) is 6.72. The summed E-state index contributed by atoms with van der Waals surface area (Å²) < 4.78 is 18.1. The fourth-order valence-corrected chi connectivity index (χ4v) is 6.65. The highest BCUT2D eigenvalue weighted by molar-refractivity contribution is 7.21. The Morgan fingerprint density at radius 2 is 1.71 bits per heavy atom. The van der Waals surface area contributed by atoms with Crippen LogP contribution in [0.5, 0.6) is 17.2 Å². The van der Waals surface area contributed by atoms with Gasteiger partial charge in [0.1, 0.15) is 40.4 Å². The average Bonchev–Trinajstić information content (AvgIpc) is 3.34. The number of nitrogens with two attached hydrogens (primary N) is 1. The van der Waals surface area contributed by atoms with Crippen molar-refractivity contribution in [1.29, 1.82) is 5.26 Å². The predicted octanol–water partition coefficient (Wildman–Crippen LogP) is 8.88. The molecule has 0 amide bonds. The standard InChI is InChI=1S/C32H19Cl3N2O4S/c33-19-8-4-17(5-9-19)16-39-20-10-6-18(7-11-20)27-22-13-12-21(14-25(22)41-31(37)23(27)15-36)40-32(38)30-29(35)28-24(34)2-1-3-26(28)42-30/h1-14,27H,16,37H2. The molecule has 42 heavy (non-hydrogen) atoms. The normalized spacial score (nSPS) is 14.2. The zero-order valence-corrected chi connectivity index (χ0v) is 24.7. The first-order chi connectivity index (χ1) is 20.3. The molecule has 0 saturated carbocycles. The second kappa shape index (κ2) is 11.6. The number of ether oxygens (including phenoxy) is 3. The van der Waals surface area contributed by atoms with E-state index in [1.54, 1.807) is 30.3 Å². The predicted molar refractivity (Wildman–Crippen MR) is 165 cm³/mol. The third kappa shape index (κ3) is 5.38. The number of carbonyl (C=O) groups excluding carboxylic acids is 1. The van der Waals surface area contributed by atoms with Crippen molar-refractivity contribution in [3.05, 3.63) is 133 Å². The minimum absolute atomic E-state index is 0.0243. The van der Waals surface area contributed by atoms with Gasteiger partial charge in [0, 0.05) is 26.7 Å². The van der Waals surface area contributed by atoms with E-state index in [9.17, 15) is 10.1 Å². The number of hydrogen-bond donors (Lipinski definition) is 1. The molecule has 2 heterocycles. The molecule has 1 aliphatic rings. The number of thiophene rings is 1. The lowest BCUT2D eigenvalue weighted by molar-refractivity contribution is 0.0740. The monoisotopic (exact) mass is 632 g/mol. The number of nitriles is 1. The Bertz CT molecular complexity index is 1910. The number of esters is 1. The van der Waals surface area contributed by atoms with Gasteiger partial charge in [-0.25, -0.2) is 4.79 Å². The number of allylic oxidation sites excluding steroid dienone is 1. The minimum atomic E-state index is -0.625. The van der Waals surface area contributed by atoms with E-state index in [2.05, 4.69) is 6.07 Å². The molecule has 4 aromatic carbocycles. The Balaban J connectivity index is 1.24. The maximum atomic E-state index is 13.0. The van der Waals surface area contributed by atoms with Crippen molar-refractivity contribution < 1.29 is 19.0 Å². The molecule has 2 N–H and O–H groups in total. The molecule has 0 radical (unpaired) electrons. The fourth-order valence-electron chi connectivity index (χ4n) is 4.70. The summed E-state index contributed by atoms with van der Waals surface area (Å²) in [6, 6.07) is 27.3. The molecule has 0 fully saturated rings. The van der Waals surface area contributed by atoms with Gasteiger partial charge in [-0.05, 0) is 53.6 Å². The molecular weight excluding hydrogens is 615 g/mol. The van der Waals surface area contributed by atoms with Crippen LogP contribution in [-0.4, -0.2) is 5.97 Å². The van der Waals surface area contributed by atoms with Crippen molar-refractivity contribution in [3.8, 4) is 23.3 Å². The summed E-state index contributed by atoms with van der Waals surface area (Å²) in [4.78, 5) is 13.3. The third-order valence-corrected chi connectivity index (χ3v) is 8.92. The largest absolute Gasteiger partial charge is 0.489 e. The van der Waals surface area contributed by atoms with Crippen LogP contribution < -0.4 is 19.9 Å². The summed E-state index contributed by atoms with van der Waals surface area (Å²) in [5.41, 5.74) is 8.94. The van der Waals surface area contributed by atoms with Gasteiger partial charge in [0.25, 0.3) is 0 Å².